The largest absolute Gasteiger partial charge is 0.573 e. The Morgan fingerprint density at radius 3 is 2.29 bits per heavy atom. The highest BCUT2D eigenvalue weighted by Gasteiger charge is 2.47. The van der Waals surface area contributed by atoms with Crippen molar-refractivity contribution in [2.75, 3.05) is 31.1 Å². The van der Waals surface area contributed by atoms with Gasteiger partial charge in [0.15, 0.2) is 0 Å². The molecule has 2 aromatic carbocycles. The highest BCUT2D eigenvalue weighted by molar-refractivity contribution is 7.92. The van der Waals surface area contributed by atoms with E-state index in [-0.39, 0.29) is 55.4 Å². The van der Waals surface area contributed by atoms with Crippen LogP contribution in [0, 0.1) is 6.92 Å². The minimum absolute atomic E-state index is 0.00628. The Balaban J connectivity index is 1.22. The van der Waals surface area contributed by atoms with Crippen LogP contribution in [-0.4, -0.2) is 91.1 Å². The van der Waals surface area contributed by atoms with Crippen LogP contribution >= 0.6 is 0 Å². The van der Waals surface area contributed by atoms with Crippen molar-refractivity contribution >= 4 is 45.5 Å². The van der Waals surface area contributed by atoms with Crippen LogP contribution in [0.25, 0.3) is 6.08 Å². The second kappa shape index (κ2) is 14.3. The number of carbonyl (C=O) groups is 3. The third kappa shape index (κ3) is 9.08. The Morgan fingerprint density at radius 2 is 1.71 bits per heavy atom. The van der Waals surface area contributed by atoms with Crippen molar-refractivity contribution in [1.82, 2.24) is 14.5 Å². The summed E-state index contributed by atoms with van der Waals surface area (Å²) in [4.78, 5) is 46.2. The van der Waals surface area contributed by atoms with Crippen molar-refractivity contribution in [1.29, 1.82) is 0 Å². The lowest BCUT2D eigenvalue weighted by atomic mass is 9.89. The molecule has 2 fully saturated rings. The van der Waals surface area contributed by atoms with E-state index in [1.54, 1.807) is 21.9 Å². The lowest BCUT2D eigenvalue weighted by Crippen LogP contribution is -2.50. The number of nitrogens with one attached hydrogen (secondary N) is 1. The van der Waals surface area contributed by atoms with Gasteiger partial charge < -0.3 is 24.6 Å². The summed E-state index contributed by atoms with van der Waals surface area (Å²) >= 11 is 0. The van der Waals surface area contributed by atoms with Crippen LogP contribution in [0.1, 0.15) is 70.1 Å². The van der Waals surface area contributed by atoms with Crippen LogP contribution in [0.15, 0.2) is 52.9 Å². The van der Waals surface area contributed by atoms with Gasteiger partial charge in [-0.2, -0.15) is 4.31 Å². The summed E-state index contributed by atoms with van der Waals surface area (Å²) in [6, 6.07) is 10.3. The molecule has 3 amide bonds. The zero-order chi connectivity index (χ0) is 37.4. The Bertz CT molecular complexity index is 1840. The number of rotatable bonds is 7. The molecule has 16 heteroatoms. The van der Waals surface area contributed by atoms with Crippen molar-refractivity contribution in [2.45, 2.75) is 83.8 Å². The van der Waals surface area contributed by atoms with Crippen molar-refractivity contribution in [3.05, 3.63) is 64.6 Å². The molecule has 0 saturated carbocycles. The Hall–Kier alpha value is -4.44. The van der Waals surface area contributed by atoms with Crippen LogP contribution in [0.5, 0.6) is 5.75 Å². The van der Waals surface area contributed by atoms with Crippen LogP contribution < -0.4 is 15.0 Å². The molecule has 3 heterocycles. The van der Waals surface area contributed by atoms with Gasteiger partial charge in [0, 0.05) is 55.8 Å². The third-order valence-electron chi connectivity index (χ3n) is 9.00. The number of aliphatic imine (C=N–C) groups is 1. The molecule has 0 aromatic heterocycles. The van der Waals surface area contributed by atoms with Gasteiger partial charge in [0.1, 0.15) is 22.7 Å². The number of carbonyl (C=O) groups excluding carboxylic acids is 3. The quantitative estimate of drug-likeness (QED) is 0.405. The van der Waals surface area contributed by atoms with E-state index in [0.717, 1.165) is 23.1 Å². The van der Waals surface area contributed by atoms with Gasteiger partial charge in [0.2, 0.25) is 15.9 Å². The lowest BCUT2D eigenvalue weighted by Gasteiger charge is -2.38. The lowest BCUT2D eigenvalue weighted by molar-refractivity contribution is -0.274. The predicted molar refractivity (Wildman–Crippen MR) is 184 cm³/mol. The van der Waals surface area contributed by atoms with Gasteiger partial charge in [0.05, 0.1) is 0 Å². The zero-order valence-corrected chi connectivity index (χ0v) is 29.9. The second-order valence-electron chi connectivity index (χ2n) is 13.9. The summed E-state index contributed by atoms with van der Waals surface area (Å²) in [5, 5.41) is 3.74. The monoisotopic (exact) mass is 733 g/mol. The number of piperidine rings is 2. The highest BCUT2D eigenvalue weighted by atomic mass is 32.2. The fourth-order valence-electron chi connectivity index (χ4n) is 6.47. The van der Waals surface area contributed by atoms with E-state index in [0.29, 0.717) is 37.2 Å². The molecule has 2 saturated heterocycles. The summed E-state index contributed by atoms with van der Waals surface area (Å²) in [5.41, 5.74) is 0.453. The van der Waals surface area contributed by atoms with E-state index in [9.17, 15) is 36.0 Å². The summed E-state index contributed by atoms with van der Waals surface area (Å²) < 4.78 is 75.4. The SMILES string of the molecule is CC(=O)N(c1ccc(C=CS(=O)(=O)N2CCC3(CC2)N=C(c2cccc(OC(F)(F)F)c2)NC3=O)c(C)c1)C1CCN(C(=O)OC(C)(C)C)CC1. The molecule has 5 rings (SSSR count). The second-order valence-corrected chi connectivity index (χ2v) is 15.7. The maximum atomic E-state index is 13.3. The summed E-state index contributed by atoms with van der Waals surface area (Å²) in [6.45, 7) is 9.66. The maximum Gasteiger partial charge on any atom is 0.573 e. The van der Waals surface area contributed by atoms with E-state index < -0.39 is 39.2 Å². The van der Waals surface area contributed by atoms with Crippen LogP contribution in [0.3, 0.4) is 0 Å². The number of nitrogens with zero attached hydrogens (tertiary/aromatic N) is 4. The first kappa shape index (κ1) is 37.8. The van der Waals surface area contributed by atoms with Crippen LogP contribution in [0.2, 0.25) is 0 Å². The van der Waals surface area contributed by atoms with Crippen LogP contribution in [-0.2, 0) is 24.3 Å². The topological polar surface area (TPSA) is 138 Å². The smallest absolute Gasteiger partial charge is 0.444 e. The highest BCUT2D eigenvalue weighted by Crippen LogP contribution is 2.34. The molecule has 276 valence electrons. The van der Waals surface area contributed by atoms with Gasteiger partial charge in [-0.15, -0.1) is 13.2 Å². The molecule has 12 nitrogen and oxygen atoms in total. The molecule has 1 spiro atoms. The first-order valence-electron chi connectivity index (χ1n) is 16.6. The minimum Gasteiger partial charge on any atom is -0.444 e. The number of anilines is 1. The van der Waals surface area contributed by atoms with Gasteiger partial charge in [-0.1, -0.05) is 18.2 Å². The fourth-order valence-corrected chi connectivity index (χ4v) is 7.65. The molecule has 51 heavy (non-hydrogen) atoms. The van der Waals surface area contributed by atoms with Crippen molar-refractivity contribution in [3.8, 4) is 5.75 Å². The zero-order valence-electron chi connectivity index (χ0n) is 29.1. The molecule has 2 aromatic rings. The summed E-state index contributed by atoms with van der Waals surface area (Å²) in [6.07, 6.45) is -2.45. The van der Waals surface area contributed by atoms with E-state index in [2.05, 4.69) is 15.0 Å². The molecular formula is C35H42F3N5O7S. The van der Waals surface area contributed by atoms with E-state index in [1.165, 1.54) is 29.4 Å². The first-order valence-corrected chi connectivity index (χ1v) is 18.1. The molecule has 0 aliphatic carbocycles. The molecule has 0 bridgehead atoms. The fraction of sp³-hybridized carbons (Fsp3) is 0.486. The Kier molecular flexibility index (Phi) is 10.6. The number of amidine groups is 1. The van der Waals surface area contributed by atoms with E-state index in [1.807, 2.05) is 33.8 Å². The summed E-state index contributed by atoms with van der Waals surface area (Å²) in [7, 11) is -3.89. The number of hydrogen-bond donors (Lipinski definition) is 1. The molecule has 3 aliphatic rings. The first-order chi connectivity index (χ1) is 23.8. The molecular weight excluding hydrogens is 691 g/mol. The van der Waals surface area contributed by atoms with Gasteiger partial charge in [0.25, 0.3) is 5.91 Å². The minimum atomic E-state index is -4.88. The van der Waals surface area contributed by atoms with Gasteiger partial charge >= 0.3 is 12.5 Å². The number of aryl methyl sites for hydroxylation is 1. The maximum absolute atomic E-state index is 13.3. The van der Waals surface area contributed by atoms with E-state index in [4.69, 9.17) is 4.74 Å². The summed E-state index contributed by atoms with van der Waals surface area (Å²) in [5.74, 6) is -0.951. The Labute approximate surface area is 295 Å². The number of likely N-dealkylation sites (tertiary alicyclic amines) is 1. The molecule has 0 radical (unpaired) electrons. The predicted octanol–water partition coefficient (Wildman–Crippen LogP) is 5.36. The average molecular weight is 734 g/mol. The van der Waals surface area contributed by atoms with Crippen molar-refractivity contribution in [2.24, 2.45) is 4.99 Å². The molecule has 0 unspecified atom stereocenters. The number of halogens is 3. The van der Waals surface area contributed by atoms with Crippen molar-refractivity contribution in [3.63, 3.8) is 0 Å². The molecule has 3 aliphatic heterocycles. The van der Waals surface area contributed by atoms with Gasteiger partial charge in [-0.3, -0.25) is 14.6 Å². The van der Waals surface area contributed by atoms with E-state index >= 15 is 0 Å². The van der Waals surface area contributed by atoms with Gasteiger partial charge in [-0.05, 0) is 94.8 Å². The number of benzene rings is 2. The number of hydrogen-bond acceptors (Lipinski definition) is 8. The number of ether oxygens (including phenoxy) is 2. The molecule has 1 N–H and O–H groups in total. The normalized spacial score (nSPS) is 18.9. The van der Waals surface area contributed by atoms with Gasteiger partial charge in [-0.25, -0.2) is 13.2 Å². The Morgan fingerprint density at radius 1 is 1.04 bits per heavy atom. The number of sulfonamides is 1. The third-order valence-corrected chi connectivity index (χ3v) is 10.6. The molecule has 0 atom stereocenters. The number of amides is 3. The average Bonchev–Trinajstić information content (AvgIpc) is 3.34. The van der Waals surface area contributed by atoms with Crippen molar-refractivity contribution < 1.29 is 45.4 Å². The van der Waals surface area contributed by atoms with Crippen LogP contribution in [0.4, 0.5) is 23.7 Å². The standard InChI is InChI=1S/C35H42F3N5O7S/c1-23-21-28(43(24(2)44)27-11-16-41(17-12-27)32(46)50-33(3,4)5)10-9-25(23)13-20-51(47,48)42-18-14-34(15-19-42)31(45)39-30(40-34)26-7-6-8-29(22-26)49-35(36,37)38/h6-10,13,20-22,27H,11-12,14-19H2,1-5H3,(H,39,40,45). The number of alkyl halides is 3.